The molecule has 1 aliphatic carbocycles. The van der Waals surface area contributed by atoms with E-state index in [9.17, 15) is 0 Å². The fraction of sp³-hybridized carbons (Fsp3) is 0.643. The van der Waals surface area contributed by atoms with E-state index in [4.69, 9.17) is 4.74 Å². The maximum Gasteiger partial charge on any atom is 0.127 e. The molecule has 3 nitrogen and oxygen atoms in total. The normalized spacial score (nSPS) is 15.3. The van der Waals surface area contributed by atoms with E-state index in [1.54, 1.807) is 0 Å². The highest BCUT2D eigenvalue weighted by Crippen LogP contribution is 2.23. The summed E-state index contributed by atoms with van der Waals surface area (Å²) in [4.78, 5) is 4.35. The van der Waals surface area contributed by atoms with E-state index in [2.05, 4.69) is 24.1 Å². The average Bonchev–Trinajstić information content (AvgIpc) is 3.09. The Morgan fingerprint density at radius 2 is 2.24 bits per heavy atom. The summed E-state index contributed by atoms with van der Waals surface area (Å²) < 4.78 is 5.85. The molecule has 0 radical (unpaired) electrons. The van der Waals surface area contributed by atoms with Gasteiger partial charge in [-0.25, -0.2) is 0 Å². The molecule has 17 heavy (non-hydrogen) atoms. The third-order valence-electron chi connectivity index (χ3n) is 2.81. The molecule has 0 aliphatic heterocycles. The highest BCUT2D eigenvalue weighted by molar-refractivity contribution is 5.33. The second-order valence-electron chi connectivity index (χ2n) is 5.29. The molecule has 0 atom stereocenters. The predicted molar refractivity (Wildman–Crippen MR) is 69.2 cm³/mol. The fourth-order valence-corrected chi connectivity index (χ4v) is 1.63. The maximum atomic E-state index is 5.85. The quantitative estimate of drug-likeness (QED) is 0.821. The van der Waals surface area contributed by atoms with Crippen molar-refractivity contribution in [2.75, 3.05) is 6.61 Å². The molecule has 2 rings (SSSR count). The molecule has 0 saturated heterocycles. The van der Waals surface area contributed by atoms with Crippen LogP contribution >= 0.6 is 0 Å². The van der Waals surface area contributed by atoms with E-state index in [1.807, 2.05) is 19.2 Å². The van der Waals surface area contributed by atoms with Gasteiger partial charge in [0.05, 0.1) is 6.61 Å². The van der Waals surface area contributed by atoms with Crippen molar-refractivity contribution >= 4 is 0 Å². The van der Waals surface area contributed by atoms with Crippen LogP contribution in [-0.2, 0) is 6.54 Å². The van der Waals surface area contributed by atoms with Gasteiger partial charge in [-0.3, -0.25) is 4.98 Å². The smallest absolute Gasteiger partial charge is 0.127 e. The summed E-state index contributed by atoms with van der Waals surface area (Å²) in [6, 6.07) is 2.75. The lowest BCUT2D eigenvalue weighted by Gasteiger charge is -2.14. The minimum atomic E-state index is 0.549. The van der Waals surface area contributed by atoms with Gasteiger partial charge in [0.25, 0.3) is 0 Å². The van der Waals surface area contributed by atoms with Crippen molar-refractivity contribution in [3.63, 3.8) is 0 Å². The van der Waals surface area contributed by atoms with Crippen molar-refractivity contribution < 1.29 is 4.74 Å². The second kappa shape index (κ2) is 5.50. The highest BCUT2D eigenvalue weighted by atomic mass is 16.5. The maximum absolute atomic E-state index is 5.85. The van der Waals surface area contributed by atoms with Crippen LogP contribution in [0.15, 0.2) is 12.3 Å². The summed E-state index contributed by atoms with van der Waals surface area (Å²) >= 11 is 0. The summed E-state index contributed by atoms with van der Waals surface area (Å²) in [5.74, 6) is 1.53. The molecule has 0 bridgehead atoms. The van der Waals surface area contributed by atoms with Crippen LogP contribution in [-0.4, -0.2) is 17.6 Å². The van der Waals surface area contributed by atoms with Crippen LogP contribution in [0.5, 0.6) is 5.75 Å². The number of aryl methyl sites for hydroxylation is 1. The molecule has 0 spiro atoms. The Hall–Kier alpha value is -1.09. The number of aromatic nitrogens is 1. The van der Waals surface area contributed by atoms with Gasteiger partial charge in [0, 0.05) is 36.1 Å². The third-order valence-corrected chi connectivity index (χ3v) is 2.81. The topological polar surface area (TPSA) is 34.1 Å². The van der Waals surface area contributed by atoms with Crippen LogP contribution in [0.4, 0.5) is 0 Å². The second-order valence-corrected chi connectivity index (χ2v) is 5.29. The van der Waals surface area contributed by atoms with E-state index >= 15 is 0 Å². The molecule has 0 amide bonds. The number of ether oxygens (including phenoxy) is 1. The molecule has 1 saturated carbocycles. The van der Waals surface area contributed by atoms with Crippen LogP contribution in [0.3, 0.4) is 0 Å². The summed E-state index contributed by atoms with van der Waals surface area (Å²) in [6.45, 7) is 7.96. The van der Waals surface area contributed by atoms with Gasteiger partial charge in [0.1, 0.15) is 5.75 Å². The first-order chi connectivity index (χ1) is 8.15. The lowest BCUT2D eigenvalue weighted by Crippen LogP contribution is -2.17. The summed E-state index contributed by atoms with van der Waals surface area (Å²) in [6.07, 6.45) is 4.54. The minimum absolute atomic E-state index is 0.549. The summed E-state index contributed by atoms with van der Waals surface area (Å²) in [5, 5.41) is 3.50. The number of hydrogen-bond donors (Lipinski definition) is 1. The van der Waals surface area contributed by atoms with Gasteiger partial charge in [-0.15, -0.1) is 0 Å². The van der Waals surface area contributed by atoms with E-state index in [1.165, 1.54) is 18.4 Å². The Balaban J connectivity index is 2.00. The monoisotopic (exact) mass is 234 g/mol. The van der Waals surface area contributed by atoms with Gasteiger partial charge >= 0.3 is 0 Å². The molecule has 1 aromatic rings. The molecule has 3 heteroatoms. The van der Waals surface area contributed by atoms with Crippen molar-refractivity contribution in [1.29, 1.82) is 0 Å². The van der Waals surface area contributed by atoms with Crippen LogP contribution in [0, 0.1) is 12.8 Å². The molecule has 1 aliphatic rings. The zero-order valence-corrected chi connectivity index (χ0v) is 11.0. The Morgan fingerprint density at radius 3 is 2.88 bits per heavy atom. The van der Waals surface area contributed by atoms with Gasteiger partial charge < -0.3 is 10.1 Å². The molecule has 0 unspecified atom stereocenters. The average molecular weight is 234 g/mol. The van der Waals surface area contributed by atoms with Gasteiger partial charge in [-0.05, 0) is 25.7 Å². The number of rotatable bonds is 6. The van der Waals surface area contributed by atoms with E-state index in [-0.39, 0.29) is 0 Å². The minimum Gasteiger partial charge on any atom is -0.493 e. The molecule has 1 fully saturated rings. The van der Waals surface area contributed by atoms with Crippen molar-refractivity contribution in [2.24, 2.45) is 5.92 Å². The number of nitrogens with one attached hydrogen (secondary N) is 1. The standard InChI is InChI=1S/C14H22N2O/c1-10(2)9-17-14-6-11(3)15-7-12(14)8-16-13-4-5-13/h6-7,10,13,16H,4-5,8-9H2,1-3H3. The molecule has 0 aromatic carbocycles. The van der Waals surface area contributed by atoms with E-state index in [0.29, 0.717) is 12.0 Å². The number of nitrogens with zero attached hydrogens (tertiary/aromatic N) is 1. The van der Waals surface area contributed by atoms with E-state index < -0.39 is 0 Å². The molecular weight excluding hydrogens is 212 g/mol. The lowest BCUT2D eigenvalue weighted by atomic mass is 10.2. The highest BCUT2D eigenvalue weighted by Gasteiger charge is 2.20. The Kier molecular flexibility index (Phi) is 4.00. The first-order valence-electron chi connectivity index (χ1n) is 6.47. The van der Waals surface area contributed by atoms with Crippen molar-refractivity contribution in [1.82, 2.24) is 10.3 Å². The predicted octanol–water partition coefficient (Wildman–Crippen LogP) is 2.68. The molecule has 1 aromatic heterocycles. The van der Waals surface area contributed by atoms with Crippen LogP contribution < -0.4 is 10.1 Å². The molecule has 1 N–H and O–H groups in total. The lowest BCUT2D eigenvalue weighted by molar-refractivity contribution is 0.267. The van der Waals surface area contributed by atoms with Crippen LogP contribution in [0.2, 0.25) is 0 Å². The van der Waals surface area contributed by atoms with Crippen LogP contribution in [0.25, 0.3) is 0 Å². The fourth-order valence-electron chi connectivity index (χ4n) is 1.63. The molecule has 94 valence electrons. The summed E-state index contributed by atoms with van der Waals surface area (Å²) in [7, 11) is 0. The molecule has 1 heterocycles. The van der Waals surface area contributed by atoms with Gasteiger partial charge in [-0.2, -0.15) is 0 Å². The zero-order chi connectivity index (χ0) is 12.3. The van der Waals surface area contributed by atoms with Crippen molar-refractivity contribution in [3.8, 4) is 5.75 Å². The first kappa shape index (κ1) is 12.4. The SMILES string of the molecule is Cc1cc(OCC(C)C)c(CNC2CC2)cn1. The van der Waals surface area contributed by atoms with Gasteiger partial charge in [0.15, 0.2) is 0 Å². The Bertz CT molecular complexity index is 372. The number of pyridine rings is 1. The summed E-state index contributed by atoms with van der Waals surface area (Å²) in [5.41, 5.74) is 2.18. The van der Waals surface area contributed by atoms with Crippen molar-refractivity contribution in [3.05, 3.63) is 23.5 Å². The van der Waals surface area contributed by atoms with E-state index in [0.717, 1.165) is 24.6 Å². The van der Waals surface area contributed by atoms with Crippen molar-refractivity contribution in [2.45, 2.75) is 46.2 Å². The van der Waals surface area contributed by atoms with Gasteiger partial charge in [0.2, 0.25) is 0 Å². The Labute approximate surface area is 104 Å². The first-order valence-corrected chi connectivity index (χ1v) is 6.47. The number of hydrogen-bond acceptors (Lipinski definition) is 3. The largest absolute Gasteiger partial charge is 0.493 e. The third kappa shape index (κ3) is 4.00. The zero-order valence-electron chi connectivity index (χ0n) is 11.0. The molecular formula is C14H22N2O. The van der Waals surface area contributed by atoms with Gasteiger partial charge in [-0.1, -0.05) is 13.8 Å². The van der Waals surface area contributed by atoms with Crippen LogP contribution in [0.1, 0.15) is 37.9 Å². The Morgan fingerprint density at radius 1 is 1.47 bits per heavy atom.